The summed E-state index contributed by atoms with van der Waals surface area (Å²) >= 11 is 0. The lowest BCUT2D eigenvalue weighted by Crippen LogP contribution is -2.65. The van der Waals surface area contributed by atoms with Gasteiger partial charge in [-0.15, -0.1) is 0 Å². The summed E-state index contributed by atoms with van der Waals surface area (Å²) in [7, 11) is 0. The molecule has 8 fully saturated rings. The van der Waals surface area contributed by atoms with Gasteiger partial charge in [0.15, 0.2) is 31.5 Å². The SMILES string of the molecule is C[C@H](CC[C@@H](O[C@@H]1O[C@H](CO[C@@H]2O[C@H](CO)[C@@H](O)[C@H](O)[C@H]2O)[C@@H](O)[C@H](O)[C@H]1O[C@H]1O[C@@H](CO)[C@H](O)[C@@H](O)[C@@H]1O)C(C)(C)O)C1CC[C@@]2(C)C3CC=C4C(CC[C@H](O[C@@H]5O[C@H](CO[C@H]6O[C@H](CO)[C@@H](O)[C@H](O)[C@H]6O)C[C@H](O)[C@H]5O)C4(C)C)[C@]3(C)[C@H](O)C[C@]12C. The van der Waals surface area contributed by atoms with Crippen LogP contribution in [-0.2, 0) is 47.4 Å². The van der Waals surface area contributed by atoms with Crippen LogP contribution >= 0.6 is 0 Å². The van der Waals surface area contributed by atoms with E-state index in [-0.39, 0.29) is 54.0 Å². The molecule has 34 atom stereocenters. The minimum Gasteiger partial charge on any atom is -0.394 e. The normalized spacial score (nSPS) is 51.4. The second-order valence-corrected chi connectivity index (χ2v) is 28.6. The molecule has 28 nitrogen and oxygen atoms in total. The molecule has 3 saturated carbocycles. The van der Waals surface area contributed by atoms with Crippen molar-refractivity contribution in [2.45, 2.75) is 285 Å². The lowest BCUT2D eigenvalue weighted by atomic mass is 9.38. The molecule has 3 unspecified atom stereocenters. The summed E-state index contributed by atoms with van der Waals surface area (Å²) in [6.45, 7) is 13.1. The molecule has 9 rings (SSSR count). The number of hydrogen-bond donors (Lipinski definition) is 18. The van der Waals surface area contributed by atoms with Gasteiger partial charge in [0.05, 0.1) is 69.2 Å². The number of allylic oxidation sites excluding steroid dienone is 1. The summed E-state index contributed by atoms with van der Waals surface area (Å²) in [6, 6.07) is 0. The molecular formula is C60H102O28. The Morgan fingerprint density at radius 3 is 1.62 bits per heavy atom. The van der Waals surface area contributed by atoms with Crippen LogP contribution in [0.25, 0.3) is 0 Å². The number of rotatable bonds is 20. The van der Waals surface area contributed by atoms with E-state index in [0.717, 1.165) is 18.4 Å². The Morgan fingerprint density at radius 1 is 0.557 bits per heavy atom. The summed E-state index contributed by atoms with van der Waals surface area (Å²) in [5, 5.41) is 194. The predicted octanol–water partition coefficient (Wildman–Crippen LogP) is -4.38. The average molecular weight is 1270 g/mol. The van der Waals surface area contributed by atoms with Crippen LogP contribution in [0.5, 0.6) is 0 Å². The van der Waals surface area contributed by atoms with Gasteiger partial charge in [0.1, 0.15) is 104 Å². The van der Waals surface area contributed by atoms with Gasteiger partial charge < -0.3 is 139 Å². The topological polar surface area (TPSA) is 456 Å². The van der Waals surface area contributed by atoms with Gasteiger partial charge in [-0.05, 0) is 99.7 Å². The first-order valence-corrected chi connectivity index (χ1v) is 31.4. The number of aliphatic hydroxyl groups excluding tert-OH is 17. The summed E-state index contributed by atoms with van der Waals surface area (Å²) in [4.78, 5) is 0. The van der Waals surface area contributed by atoms with Crippen LogP contribution in [0.1, 0.15) is 113 Å². The van der Waals surface area contributed by atoms with Gasteiger partial charge in [-0.3, -0.25) is 0 Å². The zero-order chi connectivity index (χ0) is 64.7. The maximum Gasteiger partial charge on any atom is 0.187 e. The number of hydrogen-bond acceptors (Lipinski definition) is 28. The maximum atomic E-state index is 12.8. The lowest BCUT2D eigenvalue weighted by Gasteiger charge is -2.67. The molecule has 0 spiro atoms. The Bertz CT molecular complexity index is 2310. The van der Waals surface area contributed by atoms with E-state index in [1.54, 1.807) is 0 Å². The van der Waals surface area contributed by atoms with Crippen LogP contribution in [0.2, 0.25) is 0 Å². The van der Waals surface area contributed by atoms with E-state index in [9.17, 15) is 91.9 Å². The highest BCUT2D eigenvalue weighted by atomic mass is 16.8. The fraction of sp³-hybridized carbons (Fsp3) is 0.967. The number of aliphatic hydroxyl groups is 18. The molecule has 510 valence electrons. The molecule has 5 heterocycles. The monoisotopic (exact) mass is 1270 g/mol. The predicted molar refractivity (Wildman–Crippen MR) is 299 cm³/mol. The Hall–Kier alpha value is -1.38. The smallest absolute Gasteiger partial charge is 0.187 e. The number of fused-ring (bicyclic) bond motifs is 5. The van der Waals surface area contributed by atoms with Gasteiger partial charge in [-0.2, -0.15) is 0 Å². The molecule has 0 aromatic carbocycles. The van der Waals surface area contributed by atoms with Gasteiger partial charge in [0, 0.05) is 17.3 Å². The van der Waals surface area contributed by atoms with Crippen molar-refractivity contribution in [3.63, 3.8) is 0 Å². The van der Waals surface area contributed by atoms with Crippen LogP contribution < -0.4 is 0 Å². The number of ether oxygens (including phenoxy) is 10. The van der Waals surface area contributed by atoms with Crippen LogP contribution in [0.3, 0.4) is 0 Å². The molecule has 0 amide bonds. The second-order valence-electron chi connectivity index (χ2n) is 28.6. The molecule has 0 radical (unpaired) electrons. The fourth-order valence-electron chi connectivity index (χ4n) is 17.0. The van der Waals surface area contributed by atoms with E-state index < -0.39 is 209 Å². The molecular weight excluding hydrogens is 1170 g/mol. The zero-order valence-electron chi connectivity index (χ0n) is 51.5. The first-order chi connectivity index (χ1) is 41.2. The van der Waals surface area contributed by atoms with Crippen molar-refractivity contribution < 1.29 is 139 Å². The van der Waals surface area contributed by atoms with Crippen molar-refractivity contribution in [1.29, 1.82) is 0 Å². The fourth-order valence-corrected chi connectivity index (χ4v) is 17.0. The molecule has 9 aliphatic rings. The molecule has 88 heavy (non-hydrogen) atoms. The van der Waals surface area contributed by atoms with E-state index >= 15 is 0 Å². The molecule has 0 aromatic heterocycles. The maximum absolute atomic E-state index is 12.8. The molecule has 0 aromatic rings. The van der Waals surface area contributed by atoms with Gasteiger partial charge in [-0.1, -0.05) is 53.2 Å². The first-order valence-electron chi connectivity index (χ1n) is 31.4. The van der Waals surface area contributed by atoms with E-state index in [1.807, 2.05) is 0 Å². The second kappa shape index (κ2) is 27.4. The van der Waals surface area contributed by atoms with E-state index in [2.05, 4.69) is 47.6 Å². The van der Waals surface area contributed by atoms with Crippen LogP contribution in [-0.4, -0.2) is 296 Å². The molecule has 5 aliphatic heterocycles. The average Bonchev–Trinajstić information content (AvgIpc) is 1.29. The van der Waals surface area contributed by atoms with Crippen LogP contribution in [0.4, 0.5) is 0 Å². The van der Waals surface area contributed by atoms with Gasteiger partial charge in [-0.25, -0.2) is 0 Å². The summed E-state index contributed by atoms with van der Waals surface area (Å²) in [5.74, 6) is 0.0958. The zero-order valence-corrected chi connectivity index (χ0v) is 51.5. The van der Waals surface area contributed by atoms with Crippen molar-refractivity contribution >= 4 is 0 Å². The van der Waals surface area contributed by atoms with Gasteiger partial charge in [0.25, 0.3) is 0 Å². The van der Waals surface area contributed by atoms with Gasteiger partial charge >= 0.3 is 0 Å². The van der Waals surface area contributed by atoms with Gasteiger partial charge in [0.2, 0.25) is 0 Å². The summed E-state index contributed by atoms with van der Waals surface area (Å²) in [5.41, 5.74) is -2.27. The summed E-state index contributed by atoms with van der Waals surface area (Å²) in [6.07, 6.45) is -33.4. The summed E-state index contributed by atoms with van der Waals surface area (Å²) < 4.78 is 59.7. The third-order valence-corrected chi connectivity index (χ3v) is 22.7. The molecule has 28 heteroatoms. The Morgan fingerprint density at radius 2 is 1.07 bits per heavy atom. The lowest BCUT2D eigenvalue weighted by molar-refractivity contribution is -0.380. The van der Waals surface area contributed by atoms with Crippen molar-refractivity contribution in [2.75, 3.05) is 33.0 Å². The molecule has 5 saturated heterocycles. The minimum absolute atomic E-state index is 0.0201. The van der Waals surface area contributed by atoms with E-state index in [0.29, 0.717) is 32.1 Å². The van der Waals surface area contributed by atoms with E-state index in [4.69, 9.17) is 47.4 Å². The van der Waals surface area contributed by atoms with Crippen molar-refractivity contribution in [2.24, 2.45) is 45.3 Å². The minimum atomic E-state index is -1.95. The van der Waals surface area contributed by atoms with Crippen LogP contribution in [0, 0.1) is 45.3 Å². The Kier molecular flexibility index (Phi) is 22.1. The van der Waals surface area contributed by atoms with Crippen LogP contribution in [0.15, 0.2) is 11.6 Å². The largest absolute Gasteiger partial charge is 0.394 e. The highest BCUT2D eigenvalue weighted by Crippen LogP contribution is 2.75. The third-order valence-electron chi connectivity index (χ3n) is 22.7. The van der Waals surface area contributed by atoms with Crippen molar-refractivity contribution in [3.8, 4) is 0 Å². The quantitative estimate of drug-likeness (QED) is 0.0512. The highest BCUT2D eigenvalue weighted by Gasteiger charge is 2.70. The Balaban J connectivity index is 0.879. The van der Waals surface area contributed by atoms with Crippen molar-refractivity contribution in [1.82, 2.24) is 0 Å². The Labute approximate surface area is 512 Å². The first kappa shape index (κ1) is 70.9. The molecule has 18 N–H and O–H groups in total. The standard InChI is InChI=1S/C60H102O28/c1-24(9-13-37(57(4,5)78)87-55-50(88-54-49(77)45(73)41(69)32(21-63)84-54)46(74)42(70)33(85-55)23-80-52-48(76)44(72)40(68)31(20-62)83-52)26-15-16-58(6)34-12-10-27-28(60(34,8)35(65)18-59(26,58)7)11-14-36(56(27,2)3)86-53-38(66)29(64)17-25(81-53)22-79-51-47(75)43(71)39(67)30(19-61)82-51/h10,24-26,28-55,61-78H,9,11-23H2,1-8H3/t24-,25+,26?,28?,29+,30-,31-,32+,33-,34?,35-,36+,37-,38-,39-,40-,41+,42-,43+,44+,45-,46+,47-,48-,49+,50-,51+,52-,53+,54-,55+,58+,59-,60+/m1/s1. The third kappa shape index (κ3) is 13.0. The molecule has 0 bridgehead atoms. The van der Waals surface area contributed by atoms with E-state index in [1.165, 1.54) is 13.8 Å². The highest BCUT2D eigenvalue weighted by molar-refractivity contribution is 5.32. The van der Waals surface area contributed by atoms with Crippen molar-refractivity contribution in [3.05, 3.63) is 11.6 Å². The molecule has 4 aliphatic carbocycles.